The molecule has 0 aliphatic rings. The van der Waals surface area contributed by atoms with Gasteiger partial charge in [0.25, 0.3) is 0 Å². The number of aryl methyl sites for hydroxylation is 1. The van der Waals surface area contributed by atoms with Crippen molar-refractivity contribution in [2.24, 2.45) is 9.98 Å². The fourth-order valence-electron chi connectivity index (χ4n) is 4.92. The van der Waals surface area contributed by atoms with E-state index in [1.807, 2.05) is 49.4 Å². The minimum Gasteiger partial charge on any atom is -0.309 e. The zero-order valence-corrected chi connectivity index (χ0v) is 21.1. The summed E-state index contributed by atoms with van der Waals surface area (Å²) in [5.41, 5.74) is 10.00. The normalized spacial score (nSPS) is 11.5. The molecule has 4 nitrogen and oxygen atoms in total. The van der Waals surface area contributed by atoms with E-state index in [1.165, 1.54) is 0 Å². The summed E-state index contributed by atoms with van der Waals surface area (Å²) in [6.45, 7) is 14.0. The van der Waals surface area contributed by atoms with E-state index in [1.54, 1.807) is 7.05 Å². The molecule has 0 spiro atoms. The van der Waals surface area contributed by atoms with E-state index in [0.29, 0.717) is 5.84 Å². The van der Waals surface area contributed by atoms with Crippen molar-refractivity contribution in [1.29, 1.82) is 0 Å². The van der Waals surface area contributed by atoms with Crippen LogP contribution >= 0.6 is 0 Å². The van der Waals surface area contributed by atoms with Crippen LogP contribution in [0.15, 0.2) is 108 Å². The first kappa shape index (κ1) is 23.9. The van der Waals surface area contributed by atoms with E-state index < -0.39 is 0 Å². The Morgan fingerprint density at radius 3 is 2.30 bits per heavy atom. The van der Waals surface area contributed by atoms with Crippen molar-refractivity contribution in [2.75, 3.05) is 7.05 Å². The Labute approximate surface area is 217 Å². The summed E-state index contributed by atoms with van der Waals surface area (Å²) in [6, 6.07) is 29.1. The fourth-order valence-corrected chi connectivity index (χ4v) is 4.92. The third-order valence-corrected chi connectivity index (χ3v) is 6.55. The summed E-state index contributed by atoms with van der Waals surface area (Å²) >= 11 is 0. The molecule has 0 atom stereocenters. The van der Waals surface area contributed by atoms with E-state index in [4.69, 9.17) is 4.98 Å². The summed E-state index contributed by atoms with van der Waals surface area (Å²) < 4.78 is 2.20. The molecule has 37 heavy (non-hydrogen) atoms. The van der Waals surface area contributed by atoms with E-state index in [2.05, 4.69) is 89.0 Å². The van der Waals surface area contributed by atoms with Crippen molar-refractivity contribution < 1.29 is 0 Å². The molecule has 0 amide bonds. The van der Waals surface area contributed by atoms with Crippen LogP contribution < -0.4 is 0 Å². The molecule has 0 bridgehead atoms. The topological polar surface area (TPSA) is 42.5 Å². The fraction of sp³-hybridized carbons (Fsp3) is 0.0606. The van der Waals surface area contributed by atoms with Crippen molar-refractivity contribution in [3.63, 3.8) is 0 Å². The lowest BCUT2D eigenvalue weighted by atomic mass is 9.99. The number of rotatable bonds is 6. The summed E-state index contributed by atoms with van der Waals surface area (Å²) in [5.74, 6) is 0.568. The largest absolute Gasteiger partial charge is 0.309 e. The van der Waals surface area contributed by atoms with Gasteiger partial charge in [-0.05, 0) is 61.2 Å². The van der Waals surface area contributed by atoms with Crippen LogP contribution in [0.2, 0.25) is 0 Å². The zero-order valence-electron chi connectivity index (χ0n) is 21.1. The molecule has 5 rings (SSSR count). The van der Waals surface area contributed by atoms with E-state index in [9.17, 15) is 0 Å². The standard InChI is InChI=1S/C33H28N4/c1-6-26-27-15-11-12-16-31(27)37(30(26)7-2)32-18-17-24(20-28(32)33(34-4)35-5)25-19-22(3)36-29(21-25)23-13-9-8-10-14-23/h6-21H,1-2,4H2,3,5H3/b35-33-. The highest BCUT2D eigenvalue weighted by molar-refractivity contribution is 6.06. The minimum absolute atomic E-state index is 0.568. The van der Waals surface area contributed by atoms with Crippen molar-refractivity contribution in [3.05, 3.63) is 121 Å². The van der Waals surface area contributed by atoms with E-state index in [-0.39, 0.29) is 0 Å². The molecule has 0 saturated carbocycles. The van der Waals surface area contributed by atoms with Gasteiger partial charge in [-0.3, -0.25) is 9.98 Å². The van der Waals surface area contributed by atoms with Crippen LogP contribution in [-0.4, -0.2) is 29.2 Å². The van der Waals surface area contributed by atoms with Gasteiger partial charge < -0.3 is 4.57 Å². The maximum absolute atomic E-state index is 4.78. The number of aliphatic imine (C=N–C) groups is 2. The van der Waals surface area contributed by atoms with Crippen LogP contribution in [0.5, 0.6) is 0 Å². The number of hydrogen-bond acceptors (Lipinski definition) is 2. The molecule has 2 aromatic heterocycles. The van der Waals surface area contributed by atoms with Gasteiger partial charge in [-0.2, -0.15) is 0 Å². The maximum atomic E-state index is 4.78. The number of amidine groups is 1. The molecule has 0 aliphatic carbocycles. The number of fused-ring (bicyclic) bond motifs is 1. The van der Waals surface area contributed by atoms with E-state index >= 15 is 0 Å². The molecular weight excluding hydrogens is 452 g/mol. The second kappa shape index (κ2) is 10.0. The highest BCUT2D eigenvalue weighted by Crippen LogP contribution is 2.35. The quantitative estimate of drug-likeness (QED) is 0.179. The lowest BCUT2D eigenvalue weighted by Gasteiger charge is -2.16. The lowest BCUT2D eigenvalue weighted by molar-refractivity contribution is 1.10. The molecule has 0 radical (unpaired) electrons. The van der Waals surface area contributed by atoms with Crippen LogP contribution in [0, 0.1) is 6.92 Å². The van der Waals surface area contributed by atoms with Gasteiger partial charge in [0, 0.05) is 34.8 Å². The molecular formula is C33H28N4. The second-order valence-electron chi connectivity index (χ2n) is 8.75. The first-order chi connectivity index (χ1) is 18.1. The second-order valence-corrected chi connectivity index (χ2v) is 8.75. The smallest absolute Gasteiger partial charge is 0.155 e. The minimum atomic E-state index is 0.568. The Hall–Kier alpha value is -4.83. The van der Waals surface area contributed by atoms with Gasteiger partial charge in [0.15, 0.2) is 5.84 Å². The number of nitrogens with zero attached hydrogens (tertiary/aromatic N) is 4. The number of aromatic nitrogens is 2. The average molecular weight is 481 g/mol. The van der Waals surface area contributed by atoms with Crippen LogP contribution in [0.3, 0.4) is 0 Å². The molecule has 180 valence electrons. The summed E-state index contributed by atoms with van der Waals surface area (Å²) in [7, 11) is 1.74. The molecule has 0 aliphatic heterocycles. The van der Waals surface area contributed by atoms with Gasteiger partial charge >= 0.3 is 0 Å². The molecule has 3 aromatic carbocycles. The summed E-state index contributed by atoms with van der Waals surface area (Å²) in [6.07, 6.45) is 3.76. The van der Waals surface area contributed by atoms with Crippen LogP contribution in [0.4, 0.5) is 0 Å². The van der Waals surface area contributed by atoms with Gasteiger partial charge in [0.2, 0.25) is 0 Å². The number of pyridine rings is 1. The Bertz CT molecular complexity index is 1690. The molecule has 2 heterocycles. The lowest BCUT2D eigenvalue weighted by Crippen LogP contribution is -2.07. The zero-order chi connectivity index (χ0) is 25.9. The number of hydrogen-bond donors (Lipinski definition) is 0. The maximum Gasteiger partial charge on any atom is 0.155 e. The van der Waals surface area contributed by atoms with Crippen LogP contribution in [0.1, 0.15) is 22.5 Å². The molecule has 4 heteroatoms. The average Bonchev–Trinajstić information content (AvgIpc) is 3.27. The molecule has 0 N–H and O–H groups in total. The molecule has 0 saturated heterocycles. The predicted molar refractivity (Wildman–Crippen MR) is 159 cm³/mol. The molecule has 0 unspecified atom stereocenters. The monoisotopic (exact) mass is 480 g/mol. The van der Waals surface area contributed by atoms with E-state index in [0.717, 1.165) is 61.5 Å². The van der Waals surface area contributed by atoms with Crippen molar-refractivity contribution >= 4 is 35.6 Å². The Morgan fingerprint density at radius 1 is 0.838 bits per heavy atom. The van der Waals surface area contributed by atoms with Gasteiger partial charge in [-0.15, -0.1) is 0 Å². The number of para-hydroxylation sites is 1. The van der Waals surface area contributed by atoms with Gasteiger partial charge in [-0.25, -0.2) is 4.99 Å². The van der Waals surface area contributed by atoms with Crippen molar-refractivity contribution in [2.45, 2.75) is 6.92 Å². The summed E-state index contributed by atoms with van der Waals surface area (Å²) in [5, 5.41) is 1.11. The SMILES string of the molecule is C=Cc1c(C=C)n(-c2ccc(-c3cc(C)nc(-c4ccccc4)c3)cc2/C(N=C)=N/C)c2ccccc12. The molecule has 5 aromatic rings. The highest BCUT2D eigenvalue weighted by Gasteiger charge is 2.19. The Kier molecular flexibility index (Phi) is 6.48. The van der Waals surface area contributed by atoms with Crippen LogP contribution in [-0.2, 0) is 0 Å². The Balaban J connectivity index is 1.77. The highest BCUT2D eigenvalue weighted by atomic mass is 15.0. The summed E-state index contributed by atoms with van der Waals surface area (Å²) in [4.78, 5) is 13.5. The molecule has 0 fully saturated rings. The van der Waals surface area contributed by atoms with Crippen molar-refractivity contribution in [3.8, 4) is 28.1 Å². The van der Waals surface area contributed by atoms with Crippen molar-refractivity contribution in [1.82, 2.24) is 9.55 Å². The predicted octanol–water partition coefficient (Wildman–Crippen LogP) is 8.03. The Morgan fingerprint density at radius 2 is 1.59 bits per heavy atom. The third kappa shape index (κ3) is 4.23. The first-order valence-electron chi connectivity index (χ1n) is 12.1. The van der Waals surface area contributed by atoms with Gasteiger partial charge in [0.1, 0.15) is 0 Å². The number of benzene rings is 3. The van der Waals surface area contributed by atoms with Gasteiger partial charge in [0.05, 0.1) is 22.6 Å². The van der Waals surface area contributed by atoms with Crippen LogP contribution in [0.25, 0.3) is 51.1 Å². The first-order valence-corrected chi connectivity index (χ1v) is 12.1. The van der Waals surface area contributed by atoms with Gasteiger partial charge in [-0.1, -0.05) is 73.8 Å². The third-order valence-electron chi connectivity index (χ3n) is 6.55.